The van der Waals surface area contributed by atoms with Gasteiger partial charge < -0.3 is 4.90 Å². The van der Waals surface area contributed by atoms with Crippen molar-refractivity contribution in [3.63, 3.8) is 0 Å². The van der Waals surface area contributed by atoms with E-state index in [4.69, 9.17) is 11.6 Å². The summed E-state index contributed by atoms with van der Waals surface area (Å²) in [6.07, 6.45) is 3.97. The fourth-order valence-electron chi connectivity index (χ4n) is 2.09. The van der Waals surface area contributed by atoms with Crippen LogP contribution in [-0.2, 0) is 0 Å². The predicted octanol–water partition coefficient (Wildman–Crippen LogP) is 4.39. The highest BCUT2D eigenvalue weighted by molar-refractivity contribution is 6.28. The molecule has 2 aromatic rings. The second-order valence-corrected chi connectivity index (χ2v) is 5.78. The molecule has 1 aromatic heterocycles. The van der Waals surface area contributed by atoms with Crippen LogP contribution in [0.1, 0.15) is 25.1 Å². The van der Waals surface area contributed by atoms with Crippen LogP contribution in [0.25, 0.3) is 12.2 Å². The molecule has 110 valence electrons. The molecule has 0 N–H and O–H groups in total. The first-order chi connectivity index (χ1) is 10.0. The largest absolute Gasteiger partial charge is 0.359 e. The van der Waals surface area contributed by atoms with Gasteiger partial charge >= 0.3 is 0 Å². The summed E-state index contributed by atoms with van der Waals surface area (Å²) >= 11 is 6.03. The second kappa shape index (κ2) is 7.23. The van der Waals surface area contributed by atoms with E-state index in [0.29, 0.717) is 5.92 Å². The zero-order valence-corrected chi connectivity index (χ0v) is 13.4. The number of benzene rings is 1. The number of halogens is 1. The Morgan fingerprint density at radius 2 is 1.86 bits per heavy atom. The van der Waals surface area contributed by atoms with E-state index in [-0.39, 0.29) is 5.28 Å². The van der Waals surface area contributed by atoms with E-state index >= 15 is 0 Å². The number of hydrogen-bond acceptors (Lipinski definition) is 3. The van der Waals surface area contributed by atoms with Gasteiger partial charge in [-0.3, -0.25) is 0 Å². The van der Waals surface area contributed by atoms with Crippen LogP contribution in [0.4, 0.5) is 5.82 Å². The zero-order valence-electron chi connectivity index (χ0n) is 12.6. The second-order valence-electron chi connectivity index (χ2n) is 5.44. The maximum absolute atomic E-state index is 6.03. The molecule has 0 aliphatic carbocycles. The van der Waals surface area contributed by atoms with Crippen molar-refractivity contribution in [1.29, 1.82) is 0 Å². The molecule has 2 rings (SSSR count). The average Bonchev–Trinajstić information content (AvgIpc) is 2.45. The van der Waals surface area contributed by atoms with E-state index in [1.807, 2.05) is 55.6 Å². The van der Waals surface area contributed by atoms with Crippen LogP contribution >= 0.6 is 11.6 Å². The van der Waals surface area contributed by atoms with Gasteiger partial charge in [0.2, 0.25) is 5.28 Å². The minimum absolute atomic E-state index is 0.274. The fourth-order valence-corrected chi connectivity index (χ4v) is 2.27. The Labute approximate surface area is 131 Å². The molecule has 0 aliphatic heterocycles. The molecule has 0 atom stereocenters. The van der Waals surface area contributed by atoms with Crippen LogP contribution in [0.5, 0.6) is 0 Å². The van der Waals surface area contributed by atoms with Crippen LogP contribution in [-0.4, -0.2) is 23.6 Å². The molecule has 0 aliphatic rings. The van der Waals surface area contributed by atoms with Gasteiger partial charge in [-0.25, -0.2) is 9.97 Å². The highest BCUT2D eigenvalue weighted by atomic mass is 35.5. The predicted molar refractivity (Wildman–Crippen MR) is 90.5 cm³/mol. The van der Waals surface area contributed by atoms with Crippen molar-refractivity contribution in [3.8, 4) is 0 Å². The Kier molecular flexibility index (Phi) is 5.34. The van der Waals surface area contributed by atoms with E-state index in [9.17, 15) is 0 Å². The number of hydrogen-bond donors (Lipinski definition) is 0. The van der Waals surface area contributed by atoms with Crippen LogP contribution in [0.3, 0.4) is 0 Å². The Bertz CT molecular complexity index is 609. The van der Waals surface area contributed by atoms with Gasteiger partial charge in [-0.15, -0.1) is 0 Å². The van der Waals surface area contributed by atoms with Gasteiger partial charge in [-0.1, -0.05) is 50.3 Å². The summed E-state index contributed by atoms with van der Waals surface area (Å²) in [4.78, 5) is 10.6. The highest BCUT2D eigenvalue weighted by Gasteiger charge is 2.07. The third-order valence-electron chi connectivity index (χ3n) is 2.98. The molecule has 0 spiro atoms. The van der Waals surface area contributed by atoms with Crippen molar-refractivity contribution < 1.29 is 0 Å². The third-order valence-corrected chi connectivity index (χ3v) is 3.15. The first-order valence-corrected chi connectivity index (χ1v) is 7.41. The average molecular weight is 302 g/mol. The Balaban J connectivity index is 2.21. The summed E-state index contributed by atoms with van der Waals surface area (Å²) in [6, 6.07) is 12.1. The Morgan fingerprint density at radius 3 is 2.52 bits per heavy atom. The van der Waals surface area contributed by atoms with Crippen LogP contribution < -0.4 is 4.90 Å². The molecule has 0 bridgehead atoms. The van der Waals surface area contributed by atoms with Gasteiger partial charge in [0, 0.05) is 19.7 Å². The zero-order chi connectivity index (χ0) is 15.2. The van der Waals surface area contributed by atoms with Gasteiger partial charge in [-0.2, -0.15) is 0 Å². The standard InChI is InChI=1S/C17H20ClN3/c1-13(2)12-21(3)16-11-15(19-17(18)20-16)10-9-14-7-5-4-6-8-14/h4-11,13H,12H2,1-3H3/b10-9+. The first-order valence-electron chi connectivity index (χ1n) is 7.03. The van der Waals surface area contributed by atoms with E-state index < -0.39 is 0 Å². The maximum atomic E-state index is 6.03. The van der Waals surface area contributed by atoms with E-state index in [1.54, 1.807) is 0 Å². The summed E-state index contributed by atoms with van der Waals surface area (Å²) in [5.41, 5.74) is 1.94. The summed E-state index contributed by atoms with van der Waals surface area (Å²) in [5.74, 6) is 1.41. The minimum atomic E-state index is 0.274. The molecule has 3 nitrogen and oxygen atoms in total. The number of nitrogens with zero attached hydrogens (tertiary/aromatic N) is 3. The van der Waals surface area contributed by atoms with Gasteiger partial charge in [0.15, 0.2) is 0 Å². The molecule has 4 heteroatoms. The summed E-state index contributed by atoms with van der Waals surface area (Å²) in [7, 11) is 2.02. The molecule has 0 saturated heterocycles. The summed E-state index contributed by atoms with van der Waals surface area (Å²) < 4.78 is 0. The number of anilines is 1. The van der Waals surface area contributed by atoms with Crippen LogP contribution in [0.2, 0.25) is 5.28 Å². The van der Waals surface area contributed by atoms with Crippen molar-refractivity contribution >= 4 is 29.6 Å². The van der Waals surface area contributed by atoms with Crippen molar-refractivity contribution in [1.82, 2.24) is 9.97 Å². The molecule has 21 heavy (non-hydrogen) atoms. The van der Waals surface area contributed by atoms with Crippen molar-refractivity contribution in [3.05, 3.63) is 52.9 Å². The molecule has 0 unspecified atom stereocenters. The molecule has 0 saturated carbocycles. The van der Waals surface area contributed by atoms with Gasteiger partial charge in [0.1, 0.15) is 5.82 Å². The monoisotopic (exact) mass is 301 g/mol. The molecule has 0 amide bonds. The summed E-state index contributed by atoms with van der Waals surface area (Å²) in [5, 5.41) is 0.274. The molecule has 1 aromatic carbocycles. The van der Waals surface area contributed by atoms with E-state index in [1.165, 1.54) is 0 Å². The highest BCUT2D eigenvalue weighted by Crippen LogP contribution is 2.17. The third kappa shape index (κ3) is 4.87. The van der Waals surface area contributed by atoms with Crippen LogP contribution in [0.15, 0.2) is 36.4 Å². The van der Waals surface area contributed by atoms with E-state index in [2.05, 4.69) is 28.7 Å². The molecule has 1 heterocycles. The topological polar surface area (TPSA) is 29.0 Å². The lowest BCUT2D eigenvalue weighted by Crippen LogP contribution is -2.23. The maximum Gasteiger partial charge on any atom is 0.224 e. The van der Waals surface area contributed by atoms with Gasteiger partial charge in [0.05, 0.1) is 5.69 Å². The van der Waals surface area contributed by atoms with Crippen molar-refractivity contribution in [2.45, 2.75) is 13.8 Å². The number of rotatable bonds is 5. The SMILES string of the molecule is CC(C)CN(C)c1cc(/C=C/c2ccccc2)nc(Cl)n1. The molecule has 0 radical (unpaired) electrons. The minimum Gasteiger partial charge on any atom is -0.359 e. The van der Waals surface area contributed by atoms with Crippen molar-refractivity contribution in [2.24, 2.45) is 5.92 Å². The lowest BCUT2D eigenvalue weighted by atomic mass is 10.2. The normalized spacial score (nSPS) is 11.3. The Hall–Kier alpha value is -1.87. The molecular formula is C17H20ClN3. The van der Waals surface area contributed by atoms with Crippen molar-refractivity contribution in [2.75, 3.05) is 18.5 Å². The molecule has 0 fully saturated rings. The van der Waals surface area contributed by atoms with Gasteiger partial charge in [0.25, 0.3) is 0 Å². The van der Waals surface area contributed by atoms with Crippen LogP contribution in [0, 0.1) is 5.92 Å². The van der Waals surface area contributed by atoms with E-state index in [0.717, 1.165) is 23.6 Å². The lowest BCUT2D eigenvalue weighted by molar-refractivity contribution is 0.634. The lowest BCUT2D eigenvalue weighted by Gasteiger charge is -2.20. The molecular weight excluding hydrogens is 282 g/mol. The quantitative estimate of drug-likeness (QED) is 0.767. The Morgan fingerprint density at radius 1 is 1.14 bits per heavy atom. The summed E-state index contributed by atoms with van der Waals surface area (Å²) in [6.45, 7) is 5.28. The fraction of sp³-hybridized carbons (Fsp3) is 0.294. The number of aromatic nitrogens is 2. The van der Waals surface area contributed by atoms with Gasteiger partial charge in [-0.05, 0) is 29.2 Å². The smallest absolute Gasteiger partial charge is 0.224 e. The first kappa shape index (κ1) is 15.5.